The van der Waals surface area contributed by atoms with Gasteiger partial charge in [0.15, 0.2) is 5.60 Å². The van der Waals surface area contributed by atoms with E-state index in [4.69, 9.17) is 26.2 Å². The number of thiophene rings is 1. The van der Waals surface area contributed by atoms with E-state index in [2.05, 4.69) is 5.32 Å². The second-order valence-corrected chi connectivity index (χ2v) is 7.13. The number of carbonyl (C=O) groups is 1. The summed E-state index contributed by atoms with van der Waals surface area (Å²) in [6.07, 6.45) is -0.311. The molecule has 1 amide bonds. The van der Waals surface area contributed by atoms with E-state index in [-0.39, 0.29) is 25.2 Å². The van der Waals surface area contributed by atoms with Crippen LogP contribution in [-0.4, -0.2) is 36.4 Å². The van der Waals surface area contributed by atoms with Crippen molar-refractivity contribution in [2.75, 3.05) is 19.8 Å². The SMILES string of the molecule is CC(C)(Oc1ccc(Cl)cc1)C(=O)NC[C@H](OCCO)c1ccsc1. The molecule has 0 spiro atoms. The highest BCUT2D eigenvalue weighted by molar-refractivity contribution is 7.07. The molecular formula is C18H22ClNO4S. The molecule has 0 aliphatic rings. The van der Waals surface area contributed by atoms with Crippen LogP contribution in [0.3, 0.4) is 0 Å². The van der Waals surface area contributed by atoms with Crippen LogP contribution < -0.4 is 10.1 Å². The van der Waals surface area contributed by atoms with Crippen LogP contribution in [0.15, 0.2) is 41.1 Å². The first-order valence-corrected chi connectivity index (χ1v) is 9.22. The van der Waals surface area contributed by atoms with Gasteiger partial charge in [-0.15, -0.1) is 0 Å². The monoisotopic (exact) mass is 383 g/mol. The van der Waals surface area contributed by atoms with Gasteiger partial charge in [0, 0.05) is 11.6 Å². The molecule has 1 aromatic carbocycles. The maximum absolute atomic E-state index is 12.5. The van der Waals surface area contributed by atoms with Crippen LogP contribution in [0.2, 0.25) is 5.02 Å². The highest BCUT2D eigenvalue weighted by Gasteiger charge is 2.30. The number of rotatable bonds is 9. The molecule has 5 nitrogen and oxygen atoms in total. The van der Waals surface area contributed by atoms with Gasteiger partial charge in [-0.1, -0.05) is 11.6 Å². The first kappa shape index (κ1) is 19.7. The Morgan fingerprint density at radius 1 is 1.32 bits per heavy atom. The smallest absolute Gasteiger partial charge is 0.263 e. The molecule has 7 heteroatoms. The summed E-state index contributed by atoms with van der Waals surface area (Å²) in [5, 5.41) is 16.3. The van der Waals surface area contributed by atoms with E-state index in [1.807, 2.05) is 16.8 Å². The molecule has 0 saturated carbocycles. The fraction of sp³-hybridized carbons (Fsp3) is 0.389. The number of benzene rings is 1. The number of nitrogens with one attached hydrogen (secondary N) is 1. The van der Waals surface area contributed by atoms with Gasteiger partial charge in [0.25, 0.3) is 5.91 Å². The largest absolute Gasteiger partial charge is 0.478 e. The van der Waals surface area contributed by atoms with Crippen LogP contribution in [0.1, 0.15) is 25.5 Å². The standard InChI is InChI=1S/C18H22ClNO4S/c1-18(2,24-15-5-3-14(19)4-6-15)17(22)20-11-16(23-9-8-21)13-7-10-25-12-13/h3-7,10,12,16,21H,8-9,11H2,1-2H3,(H,20,22)/t16-/m0/s1. The summed E-state index contributed by atoms with van der Waals surface area (Å²) in [6, 6.07) is 8.79. The molecule has 2 rings (SSSR count). The van der Waals surface area contributed by atoms with Gasteiger partial charge in [-0.3, -0.25) is 4.79 Å². The third-order valence-electron chi connectivity index (χ3n) is 3.51. The summed E-state index contributed by atoms with van der Waals surface area (Å²) in [4.78, 5) is 12.5. The minimum Gasteiger partial charge on any atom is -0.478 e. The second-order valence-electron chi connectivity index (χ2n) is 5.92. The minimum absolute atomic E-state index is 0.0697. The second kappa shape index (κ2) is 9.20. The molecule has 2 N–H and O–H groups in total. The van der Waals surface area contributed by atoms with Crippen molar-refractivity contribution in [2.45, 2.75) is 25.6 Å². The normalized spacial score (nSPS) is 12.6. The van der Waals surface area contributed by atoms with Crippen LogP contribution in [0.25, 0.3) is 0 Å². The molecule has 0 saturated heterocycles. The lowest BCUT2D eigenvalue weighted by molar-refractivity contribution is -0.135. The molecule has 2 aromatic rings. The van der Waals surface area contributed by atoms with Gasteiger partial charge in [-0.25, -0.2) is 0 Å². The van der Waals surface area contributed by atoms with Gasteiger partial charge in [0.1, 0.15) is 11.9 Å². The summed E-state index contributed by atoms with van der Waals surface area (Å²) < 4.78 is 11.4. The number of hydrogen-bond donors (Lipinski definition) is 2. The number of ether oxygens (including phenoxy) is 2. The minimum atomic E-state index is -1.05. The Morgan fingerprint density at radius 3 is 2.64 bits per heavy atom. The Hall–Kier alpha value is -1.60. The predicted octanol–water partition coefficient (Wildman–Crippen LogP) is 3.43. The lowest BCUT2D eigenvalue weighted by atomic mass is 10.1. The maximum atomic E-state index is 12.5. The molecule has 0 aliphatic carbocycles. The van der Waals surface area contributed by atoms with E-state index < -0.39 is 5.60 Å². The van der Waals surface area contributed by atoms with Gasteiger partial charge in [-0.05, 0) is 60.5 Å². The molecule has 0 radical (unpaired) electrons. The highest BCUT2D eigenvalue weighted by Crippen LogP contribution is 2.22. The van der Waals surface area contributed by atoms with Gasteiger partial charge in [-0.2, -0.15) is 11.3 Å². The van der Waals surface area contributed by atoms with Crippen molar-refractivity contribution in [3.8, 4) is 5.75 Å². The maximum Gasteiger partial charge on any atom is 0.263 e. The Balaban J connectivity index is 1.95. The predicted molar refractivity (Wildman–Crippen MR) is 99.3 cm³/mol. The quantitative estimate of drug-likeness (QED) is 0.696. The Labute approximate surface area is 156 Å². The van der Waals surface area contributed by atoms with Crippen molar-refractivity contribution in [3.05, 3.63) is 51.7 Å². The fourth-order valence-electron chi connectivity index (χ4n) is 2.17. The number of hydrogen-bond acceptors (Lipinski definition) is 5. The average molecular weight is 384 g/mol. The number of amides is 1. The zero-order chi connectivity index (χ0) is 18.3. The first-order chi connectivity index (χ1) is 11.9. The molecular weight excluding hydrogens is 362 g/mol. The van der Waals surface area contributed by atoms with E-state index in [9.17, 15) is 4.79 Å². The zero-order valence-electron chi connectivity index (χ0n) is 14.2. The van der Waals surface area contributed by atoms with Crippen molar-refractivity contribution in [2.24, 2.45) is 0 Å². The van der Waals surface area contributed by atoms with Crippen LogP contribution in [0.5, 0.6) is 5.75 Å². The molecule has 1 heterocycles. The van der Waals surface area contributed by atoms with Crippen molar-refractivity contribution in [3.63, 3.8) is 0 Å². The number of halogens is 1. The van der Waals surface area contributed by atoms with Crippen molar-refractivity contribution < 1.29 is 19.4 Å². The summed E-state index contributed by atoms with van der Waals surface area (Å²) in [5.41, 5.74) is -0.0838. The van der Waals surface area contributed by atoms with E-state index in [1.54, 1.807) is 49.4 Å². The zero-order valence-corrected chi connectivity index (χ0v) is 15.8. The number of aliphatic hydroxyl groups excluding tert-OH is 1. The first-order valence-electron chi connectivity index (χ1n) is 7.90. The molecule has 0 fully saturated rings. The molecule has 0 bridgehead atoms. The Bertz CT molecular complexity index is 658. The molecule has 0 unspecified atom stereocenters. The van der Waals surface area contributed by atoms with Crippen molar-refractivity contribution in [1.82, 2.24) is 5.32 Å². The molecule has 25 heavy (non-hydrogen) atoms. The number of aliphatic hydroxyl groups is 1. The molecule has 136 valence electrons. The topological polar surface area (TPSA) is 67.8 Å². The summed E-state index contributed by atoms with van der Waals surface area (Å²) in [5.74, 6) is 0.311. The van der Waals surface area contributed by atoms with Crippen molar-refractivity contribution >= 4 is 28.8 Å². The summed E-state index contributed by atoms with van der Waals surface area (Å²) in [6.45, 7) is 3.83. The van der Waals surface area contributed by atoms with E-state index >= 15 is 0 Å². The Morgan fingerprint density at radius 2 is 2.04 bits per heavy atom. The molecule has 0 aliphatic heterocycles. The highest BCUT2D eigenvalue weighted by atomic mass is 35.5. The van der Waals surface area contributed by atoms with Gasteiger partial charge in [0.2, 0.25) is 0 Å². The molecule has 1 atom stereocenters. The lowest BCUT2D eigenvalue weighted by Crippen LogP contribution is -2.47. The van der Waals surface area contributed by atoms with E-state index in [1.165, 1.54) is 0 Å². The van der Waals surface area contributed by atoms with Gasteiger partial charge in [0.05, 0.1) is 13.2 Å². The van der Waals surface area contributed by atoms with Crippen molar-refractivity contribution in [1.29, 1.82) is 0 Å². The van der Waals surface area contributed by atoms with Gasteiger partial charge >= 0.3 is 0 Å². The van der Waals surface area contributed by atoms with Crippen LogP contribution >= 0.6 is 22.9 Å². The third kappa shape index (κ3) is 6.01. The van der Waals surface area contributed by atoms with Crippen LogP contribution in [-0.2, 0) is 9.53 Å². The average Bonchev–Trinajstić information content (AvgIpc) is 3.11. The van der Waals surface area contributed by atoms with Gasteiger partial charge < -0.3 is 19.9 Å². The lowest BCUT2D eigenvalue weighted by Gasteiger charge is -2.26. The summed E-state index contributed by atoms with van der Waals surface area (Å²) in [7, 11) is 0. The summed E-state index contributed by atoms with van der Waals surface area (Å²) >= 11 is 7.41. The third-order valence-corrected chi connectivity index (χ3v) is 4.46. The van der Waals surface area contributed by atoms with Crippen LogP contribution in [0.4, 0.5) is 0 Å². The fourth-order valence-corrected chi connectivity index (χ4v) is 3.00. The van der Waals surface area contributed by atoms with Crippen LogP contribution in [0, 0.1) is 0 Å². The van der Waals surface area contributed by atoms with E-state index in [0.29, 0.717) is 17.3 Å². The van der Waals surface area contributed by atoms with E-state index in [0.717, 1.165) is 5.56 Å². The Kier molecular flexibility index (Phi) is 7.25. The molecule has 1 aromatic heterocycles. The number of carbonyl (C=O) groups excluding carboxylic acids is 1.